The lowest BCUT2D eigenvalue weighted by Crippen LogP contribution is -2.11. The van der Waals surface area contributed by atoms with Crippen LogP contribution in [0.15, 0.2) is 6.07 Å². The summed E-state index contributed by atoms with van der Waals surface area (Å²) in [6.07, 6.45) is -4.36. The third-order valence-corrected chi connectivity index (χ3v) is 3.81. The molecular weight excluding hydrogens is 261 g/mol. The molecule has 0 saturated heterocycles. The summed E-state index contributed by atoms with van der Waals surface area (Å²) in [7, 11) is 0. The average Bonchev–Trinajstić information content (AvgIpc) is 2.57. The molecule has 0 aliphatic heterocycles. The number of fused-ring (bicyclic) bond motifs is 1. The molecule has 1 heterocycles. The standard InChI is InChI=1S/C12H13F3N2S/c1-5(2)8-7(12(13,14)15)4-6(3)10-9(8)17-11(16)18-10/h4-5H,1-3H3,(H2,16,17). The number of alkyl halides is 3. The highest BCUT2D eigenvalue weighted by Crippen LogP contribution is 2.42. The van der Waals surface area contributed by atoms with Gasteiger partial charge in [0.15, 0.2) is 5.13 Å². The van der Waals surface area contributed by atoms with Crippen molar-refractivity contribution in [2.24, 2.45) is 0 Å². The van der Waals surface area contributed by atoms with Gasteiger partial charge in [0.2, 0.25) is 0 Å². The Hall–Kier alpha value is -1.30. The molecule has 98 valence electrons. The molecule has 0 bridgehead atoms. The molecular formula is C12H13F3N2S. The summed E-state index contributed by atoms with van der Waals surface area (Å²) in [5.74, 6) is -0.258. The quantitative estimate of drug-likeness (QED) is 0.840. The van der Waals surface area contributed by atoms with E-state index in [1.165, 1.54) is 17.4 Å². The van der Waals surface area contributed by atoms with Gasteiger partial charge < -0.3 is 5.73 Å². The first-order valence-corrected chi connectivity index (χ1v) is 6.30. The van der Waals surface area contributed by atoms with Gasteiger partial charge in [0, 0.05) is 0 Å². The van der Waals surface area contributed by atoms with Crippen LogP contribution in [-0.4, -0.2) is 4.98 Å². The van der Waals surface area contributed by atoms with Crippen LogP contribution in [0.2, 0.25) is 0 Å². The highest BCUT2D eigenvalue weighted by Gasteiger charge is 2.36. The number of nitrogen functional groups attached to an aromatic ring is 1. The summed E-state index contributed by atoms with van der Waals surface area (Å²) < 4.78 is 39.9. The van der Waals surface area contributed by atoms with Crippen LogP contribution >= 0.6 is 11.3 Å². The first-order valence-electron chi connectivity index (χ1n) is 5.48. The minimum Gasteiger partial charge on any atom is -0.375 e. The summed E-state index contributed by atoms with van der Waals surface area (Å²) in [6, 6.07) is 1.19. The molecule has 0 fully saturated rings. The molecule has 0 aliphatic rings. The summed E-state index contributed by atoms with van der Waals surface area (Å²) >= 11 is 1.23. The Balaban J connectivity index is 2.91. The molecule has 2 rings (SSSR count). The van der Waals surface area contributed by atoms with E-state index in [2.05, 4.69) is 4.98 Å². The maximum Gasteiger partial charge on any atom is 0.416 e. The number of aromatic nitrogens is 1. The van der Waals surface area contributed by atoms with Gasteiger partial charge in [-0.15, -0.1) is 0 Å². The van der Waals surface area contributed by atoms with Gasteiger partial charge in [0.1, 0.15) is 0 Å². The highest BCUT2D eigenvalue weighted by molar-refractivity contribution is 7.22. The van der Waals surface area contributed by atoms with Crippen LogP contribution in [0.25, 0.3) is 10.2 Å². The van der Waals surface area contributed by atoms with E-state index in [-0.39, 0.29) is 11.5 Å². The number of rotatable bonds is 1. The molecule has 0 aliphatic carbocycles. The lowest BCUT2D eigenvalue weighted by atomic mass is 9.94. The molecule has 0 atom stereocenters. The van der Waals surface area contributed by atoms with Crippen molar-refractivity contribution in [3.63, 3.8) is 0 Å². The number of nitrogens with two attached hydrogens (primary N) is 1. The second-order valence-corrected chi connectivity index (χ2v) is 5.57. The molecule has 1 aromatic carbocycles. The Morgan fingerprint density at radius 1 is 1.33 bits per heavy atom. The van der Waals surface area contributed by atoms with E-state index in [0.717, 1.165) is 4.70 Å². The number of aryl methyl sites for hydroxylation is 1. The van der Waals surface area contributed by atoms with Gasteiger partial charge in [-0.25, -0.2) is 4.98 Å². The van der Waals surface area contributed by atoms with Crippen LogP contribution in [0.4, 0.5) is 18.3 Å². The summed E-state index contributed by atoms with van der Waals surface area (Å²) in [5, 5.41) is 0.300. The zero-order chi connectivity index (χ0) is 13.7. The number of anilines is 1. The Morgan fingerprint density at radius 2 is 1.94 bits per heavy atom. The third kappa shape index (κ3) is 2.05. The fourth-order valence-electron chi connectivity index (χ4n) is 2.09. The van der Waals surface area contributed by atoms with Gasteiger partial charge in [-0.05, 0) is 30.0 Å². The van der Waals surface area contributed by atoms with Crippen LogP contribution in [0.1, 0.15) is 36.5 Å². The smallest absolute Gasteiger partial charge is 0.375 e. The minimum atomic E-state index is -4.36. The van der Waals surface area contributed by atoms with E-state index >= 15 is 0 Å². The molecule has 18 heavy (non-hydrogen) atoms. The lowest BCUT2D eigenvalue weighted by molar-refractivity contribution is -0.138. The maximum atomic E-state index is 13.1. The van der Waals surface area contributed by atoms with Gasteiger partial charge in [0.05, 0.1) is 15.8 Å². The van der Waals surface area contributed by atoms with E-state index in [4.69, 9.17) is 5.73 Å². The second kappa shape index (κ2) is 4.12. The van der Waals surface area contributed by atoms with E-state index in [9.17, 15) is 13.2 Å². The van der Waals surface area contributed by atoms with E-state index in [1.54, 1.807) is 20.8 Å². The predicted molar refractivity (Wildman–Crippen MR) is 67.9 cm³/mol. The summed E-state index contributed by atoms with van der Waals surface area (Å²) in [6.45, 7) is 5.11. The molecule has 2 nitrogen and oxygen atoms in total. The Morgan fingerprint density at radius 3 is 2.44 bits per heavy atom. The fraction of sp³-hybridized carbons (Fsp3) is 0.417. The third-order valence-electron chi connectivity index (χ3n) is 2.79. The summed E-state index contributed by atoms with van der Waals surface area (Å²) in [4.78, 5) is 4.07. The number of nitrogens with zero attached hydrogens (tertiary/aromatic N) is 1. The minimum absolute atomic E-state index is 0.232. The monoisotopic (exact) mass is 274 g/mol. The van der Waals surface area contributed by atoms with Crippen molar-refractivity contribution in [2.75, 3.05) is 5.73 Å². The van der Waals surface area contributed by atoms with Crippen LogP contribution in [0.3, 0.4) is 0 Å². The van der Waals surface area contributed by atoms with E-state index in [1.807, 2.05) is 0 Å². The van der Waals surface area contributed by atoms with Crippen molar-refractivity contribution in [1.82, 2.24) is 4.98 Å². The molecule has 0 unspecified atom stereocenters. The number of halogens is 3. The molecule has 2 aromatic rings. The molecule has 6 heteroatoms. The average molecular weight is 274 g/mol. The van der Waals surface area contributed by atoms with Gasteiger partial charge in [-0.3, -0.25) is 0 Å². The number of hydrogen-bond donors (Lipinski definition) is 1. The maximum absolute atomic E-state index is 13.1. The zero-order valence-electron chi connectivity index (χ0n) is 10.2. The molecule has 0 spiro atoms. The van der Waals surface area contributed by atoms with Crippen molar-refractivity contribution >= 4 is 26.7 Å². The van der Waals surface area contributed by atoms with Crippen molar-refractivity contribution in [1.29, 1.82) is 0 Å². The van der Waals surface area contributed by atoms with Crippen LogP contribution in [0, 0.1) is 6.92 Å². The van der Waals surface area contributed by atoms with Gasteiger partial charge in [-0.1, -0.05) is 25.2 Å². The highest BCUT2D eigenvalue weighted by atomic mass is 32.1. The van der Waals surface area contributed by atoms with Gasteiger partial charge in [-0.2, -0.15) is 13.2 Å². The lowest BCUT2D eigenvalue weighted by Gasteiger charge is -2.17. The molecule has 0 radical (unpaired) electrons. The number of thiazole rings is 1. The SMILES string of the molecule is Cc1cc(C(F)(F)F)c(C(C)C)c2nc(N)sc12. The van der Waals surface area contributed by atoms with Crippen molar-refractivity contribution in [3.05, 3.63) is 22.8 Å². The Kier molecular flexibility index (Phi) is 3.01. The summed E-state index contributed by atoms with van der Waals surface area (Å²) in [5.41, 5.74) is 6.20. The molecule has 2 N–H and O–H groups in total. The van der Waals surface area contributed by atoms with E-state index in [0.29, 0.717) is 16.2 Å². The first-order chi connectivity index (χ1) is 8.21. The Labute approximate surface area is 107 Å². The number of hydrogen-bond acceptors (Lipinski definition) is 3. The Bertz CT molecular complexity index is 599. The van der Waals surface area contributed by atoms with Crippen LogP contribution < -0.4 is 5.73 Å². The number of benzene rings is 1. The normalized spacial score (nSPS) is 12.6. The largest absolute Gasteiger partial charge is 0.416 e. The van der Waals surface area contributed by atoms with Crippen molar-refractivity contribution in [3.8, 4) is 0 Å². The predicted octanol–water partition coefficient (Wildman–Crippen LogP) is 4.33. The second-order valence-electron chi connectivity index (χ2n) is 4.54. The van der Waals surface area contributed by atoms with Crippen molar-refractivity contribution < 1.29 is 13.2 Å². The fourth-order valence-corrected chi connectivity index (χ4v) is 2.91. The van der Waals surface area contributed by atoms with Crippen molar-refractivity contribution in [2.45, 2.75) is 32.9 Å². The first kappa shape index (κ1) is 13.1. The van der Waals surface area contributed by atoms with Gasteiger partial charge >= 0.3 is 6.18 Å². The molecule has 0 amide bonds. The topological polar surface area (TPSA) is 38.9 Å². The van der Waals surface area contributed by atoms with Crippen LogP contribution in [0.5, 0.6) is 0 Å². The zero-order valence-corrected chi connectivity index (χ0v) is 11.0. The van der Waals surface area contributed by atoms with E-state index < -0.39 is 11.7 Å². The molecule has 1 aromatic heterocycles. The van der Waals surface area contributed by atoms with Gasteiger partial charge in [0.25, 0.3) is 0 Å². The van der Waals surface area contributed by atoms with Crippen LogP contribution in [-0.2, 0) is 6.18 Å². The molecule has 0 saturated carbocycles.